The first kappa shape index (κ1) is 24.7. The number of alkyl halides is 1. The molecule has 0 aliphatic heterocycles. The van der Waals surface area contributed by atoms with E-state index in [-0.39, 0.29) is 0 Å². The highest BCUT2D eigenvalue weighted by molar-refractivity contribution is 9.10. The number of aromatic nitrogens is 1. The van der Waals surface area contributed by atoms with Crippen LogP contribution in [0.1, 0.15) is 49.6 Å². The molecule has 0 radical (unpaired) electrons. The van der Waals surface area contributed by atoms with Crippen LogP contribution in [0.3, 0.4) is 0 Å². The third-order valence-electron chi connectivity index (χ3n) is 5.55. The highest BCUT2D eigenvalue weighted by Crippen LogP contribution is 2.56. The van der Waals surface area contributed by atoms with Gasteiger partial charge in [-0.15, -0.1) is 0 Å². The van der Waals surface area contributed by atoms with E-state index in [9.17, 15) is 5.11 Å². The predicted octanol–water partition coefficient (Wildman–Crippen LogP) is 8.27. The molecule has 1 N–H and O–H groups in total. The van der Waals surface area contributed by atoms with Crippen LogP contribution < -0.4 is 4.74 Å². The number of benzene rings is 2. The average molecular weight is 612 g/mol. The summed E-state index contributed by atoms with van der Waals surface area (Å²) in [6.45, 7) is 5.92. The van der Waals surface area contributed by atoms with E-state index in [1.54, 1.807) is 24.3 Å². The van der Waals surface area contributed by atoms with Crippen molar-refractivity contribution in [2.75, 3.05) is 0 Å². The van der Waals surface area contributed by atoms with Crippen LogP contribution in [-0.4, -0.2) is 15.7 Å². The van der Waals surface area contributed by atoms with Crippen molar-refractivity contribution in [3.63, 3.8) is 0 Å². The lowest BCUT2D eigenvalue weighted by Crippen LogP contribution is -2.47. The van der Waals surface area contributed by atoms with Crippen LogP contribution in [0, 0.1) is 0 Å². The highest BCUT2D eigenvalue weighted by atomic mass is 79.9. The van der Waals surface area contributed by atoms with E-state index < -0.39 is 15.5 Å². The Morgan fingerprint density at radius 1 is 0.970 bits per heavy atom. The molecule has 2 aromatic carbocycles. The minimum Gasteiger partial charge on any atom is -0.472 e. The summed E-state index contributed by atoms with van der Waals surface area (Å²) in [5.41, 5.74) is 0.962. The van der Waals surface area contributed by atoms with Crippen LogP contribution in [0.25, 0.3) is 6.08 Å². The van der Waals surface area contributed by atoms with Gasteiger partial charge in [-0.3, -0.25) is 0 Å². The Kier molecular flexibility index (Phi) is 6.76. The molecule has 1 aliphatic carbocycles. The van der Waals surface area contributed by atoms with Crippen LogP contribution in [0.15, 0.2) is 65.1 Å². The van der Waals surface area contributed by atoms with Gasteiger partial charge in [0.1, 0.15) is 15.5 Å². The first-order chi connectivity index (χ1) is 15.4. The third kappa shape index (κ3) is 4.63. The number of pyridine rings is 1. The molecule has 1 unspecified atom stereocenters. The molecule has 0 fully saturated rings. The molecule has 1 aliphatic rings. The van der Waals surface area contributed by atoms with Gasteiger partial charge in [-0.2, -0.15) is 0 Å². The molecule has 0 amide bonds. The van der Waals surface area contributed by atoms with Crippen molar-refractivity contribution in [1.82, 2.24) is 4.98 Å². The van der Waals surface area contributed by atoms with Gasteiger partial charge in [0.25, 0.3) is 0 Å². The summed E-state index contributed by atoms with van der Waals surface area (Å²) in [6.07, 6.45) is 4.53. The molecule has 4 rings (SSSR count). The summed E-state index contributed by atoms with van der Waals surface area (Å²) in [5.74, 6) is 0.474. The van der Waals surface area contributed by atoms with Gasteiger partial charge in [-0.25, -0.2) is 4.98 Å². The Balaban J connectivity index is 1.99. The summed E-state index contributed by atoms with van der Waals surface area (Å²) in [5, 5.41) is 13.8. The summed E-state index contributed by atoms with van der Waals surface area (Å²) < 4.78 is 5.92. The lowest BCUT2D eigenvalue weighted by Gasteiger charge is -2.45. The summed E-state index contributed by atoms with van der Waals surface area (Å²) in [7, 11) is 0. The van der Waals surface area contributed by atoms with E-state index in [1.807, 2.05) is 63.3 Å². The molecule has 172 valence electrons. The third-order valence-corrected chi connectivity index (χ3v) is 7.99. The lowest BCUT2D eigenvalue weighted by molar-refractivity contribution is 0.0349. The Labute approximate surface area is 221 Å². The second kappa shape index (κ2) is 9.01. The standard InChI is InChI=1S/C26H23Br2Cl2NO2/c1-24(2,3)33-22-15-21(27)20-5-4-14-25(28,23(20)31-22)26(32,16-6-10-18(29)11-7-16)17-8-12-19(30)13-9-17/h4-13,15,32H,14H2,1-3H3. The van der Waals surface area contributed by atoms with Gasteiger partial charge in [0.05, 0.1) is 5.69 Å². The van der Waals surface area contributed by atoms with Gasteiger partial charge < -0.3 is 9.84 Å². The van der Waals surface area contributed by atoms with Crippen LogP contribution in [0.4, 0.5) is 0 Å². The van der Waals surface area contributed by atoms with Crippen LogP contribution in [0.5, 0.6) is 5.88 Å². The minimum atomic E-state index is -1.51. The maximum Gasteiger partial charge on any atom is 0.215 e. The average Bonchev–Trinajstić information content (AvgIpc) is 2.74. The zero-order chi connectivity index (χ0) is 24.0. The number of hydrogen-bond acceptors (Lipinski definition) is 3. The molecule has 0 spiro atoms. The quantitative estimate of drug-likeness (QED) is 0.302. The van der Waals surface area contributed by atoms with Gasteiger partial charge in [0, 0.05) is 26.1 Å². The Morgan fingerprint density at radius 3 is 1.97 bits per heavy atom. The van der Waals surface area contributed by atoms with Crippen molar-refractivity contribution >= 4 is 61.1 Å². The zero-order valence-corrected chi connectivity index (χ0v) is 23.1. The van der Waals surface area contributed by atoms with Gasteiger partial charge in [-0.05, 0) is 78.5 Å². The van der Waals surface area contributed by atoms with Gasteiger partial charge in [0.15, 0.2) is 0 Å². The summed E-state index contributed by atoms with van der Waals surface area (Å²) in [4.78, 5) is 4.90. The highest BCUT2D eigenvalue weighted by Gasteiger charge is 2.54. The molecule has 0 bridgehead atoms. The number of hydrogen-bond donors (Lipinski definition) is 1. The number of rotatable bonds is 4. The predicted molar refractivity (Wildman–Crippen MR) is 142 cm³/mol. The van der Waals surface area contributed by atoms with E-state index in [0.717, 1.165) is 10.0 Å². The fourth-order valence-electron chi connectivity index (χ4n) is 4.09. The van der Waals surface area contributed by atoms with E-state index in [4.69, 9.17) is 32.9 Å². The summed E-state index contributed by atoms with van der Waals surface area (Å²) >= 11 is 20.0. The molecular formula is C26H23Br2Cl2NO2. The Hall–Kier alpha value is -1.37. The second-order valence-corrected chi connectivity index (χ2v) is 12.1. The fraction of sp³-hybridized carbons (Fsp3) is 0.269. The number of halogens is 4. The molecule has 3 aromatic rings. The van der Waals surface area contributed by atoms with E-state index in [2.05, 4.69) is 31.9 Å². The topological polar surface area (TPSA) is 42.4 Å². The Morgan fingerprint density at radius 2 is 1.48 bits per heavy atom. The molecule has 0 saturated carbocycles. The van der Waals surface area contributed by atoms with Crippen LogP contribution in [0.2, 0.25) is 10.0 Å². The van der Waals surface area contributed by atoms with Gasteiger partial charge in [0.2, 0.25) is 5.88 Å². The molecule has 1 aromatic heterocycles. The number of ether oxygens (including phenoxy) is 1. The normalized spacial score (nSPS) is 18.2. The van der Waals surface area contributed by atoms with Crippen molar-refractivity contribution in [2.45, 2.75) is 42.7 Å². The van der Waals surface area contributed by atoms with E-state index >= 15 is 0 Å². The van der Waals surface area contributed by atoms with Gasteiger partial charge >= 0.3 is 0 Å². The minimum absolute atomic E-state index is 0.428. The fourth-order valence-corrected chi connectivity index (χ4v) is 5.80. The SMILES string of the molecule is CC(C)(C)Oc1cc(Br)c2c(n1)C(Br)(C(O)(c1ccc(Cl)cc1)c1ccc(Cl)cc1)CC=C2. The maximum atomic E-state index is 12.6. The van der Waals surface area contributed by atoms with Crippen LogP contribution >= 0.6 is 55.1 Å². The van der Waals surface area contributed by atoms with E-state index in [0.29, 0.717) is 39.2 Å². The number of nitrogens with zero attached hydrogens (tertiary/aromatic N) is 1. The largest absolute Gasteiger partial charge is 0.472 e. The number of aliphatic hydroxyl groups is 1. The monoisotopic (exact) mass is 609 g/mol. The first-order valence-electron chi connectivity index (χ1n) is 10.4. The van der Waals surface area contributed by atoms with Gasteiger partial charge in [-0.1, -0.05) is 75.5 Å². The summed E-state index contributed by atoms with van der Waals surface area (Å²) in [6, 6.07) is 16.3. The molecular weight excluding hydrogens is 589 g/mol. The molecule has 1 heterocycles. The van der Waals surface area contributed by atoms with Crippen molar-refractivity contribution in [1.29, 1.82) is 0 Å². The molecule has 3 nitrogen and oxygen atoms in total. The molecule has 7 heteroatoms. The van der Waals surface area contributed by atoms with E-state index in [1.165, 1.54) is 0 Å². The zero-order valence-electron chi connectivity index (χ0n) is 18.4. The number of fused-ring (bicyclic) bond motifs is 1. The lowest BCUT2D eigenvalue weighted by atomic mass is 9.70. The van der Waals surface area contributed by atoms with Crippen molar-refractivity contribution in [2.24, 2.45) is 0 Å². The van der Waals surface area contributed by atoms with Crippen LogP contribution in [-0.2, 0) is 9.93 Å². The number of allylic oxidation sites excluding steroid dienone is 1. The molecule has 0 saturated heterocycles. The maximum absolute atomic E-state index is 12.6. The van der Waals surface area contributed by atoms with Crippen molar-refractivity contribution in [3.05, 3.63) is 97.6 Å². The molecule has 1 atom stereocenters. The van der Waals surface area contributed by atoms with Crippen molar-refractivity contribution in [3.8, 4) is 5.88 Å². The first-order valence-corrected chi connectivity index (χ1v) is 12.8. The smallest absolute Gasteiger partial charge is 0.215 e. The second-order valence-electron chi connectivity index (χ2n) is 9.05. The van der Waals surface area contributed by atoms with Crippen molar-refractivity contribution < 1.29 is 9.84 Å². The Bertz CT molecular complexity index is 1160. The molecule has 33 heavy (non-hydrogen) atoms.